The third kappa shape index (κ3) is 3.75. The molecule has 1 aliphatic carbocycles. The van der Waals surface area contributed by atoms with Crippen LogP contribution in [0.4, 0.5) is 0 Å². The molecule has 0 aliphatic heterocycles. The first-order valence-corrected chi connectivity index (χ1v) is 11.7. The smallest absolute Gasteiger partial charge is 0.120 e. The molecule has 1 fully saturated rings. The molecule has 0 radical (unpaired) electrons. The summed E-state index contributed by atoms with van der Waals surface area (Å²) >= 11 is 0. The SMILES string of the molecule is Oc1ccc(-c2ccc(O)c(C3(c4ccccc4O)CCCCC3)c2-c2ccc(O)cc2)cc1. The Hall–Kier alpha value is -3.92. The summed E-state index contributed by atoms with van der Waals surface area (Å²) in [6.07, 6.45) is 4.71. The van der Waals surface area contributed by atoms with Gasteiger partial charge in [-0.3, -0.25) is 0 Å². The van der Waals surface area contributed by atoms with E-state index in [1.54, 1.807) is 36.4 Å². The maximum Gasteiger partial charge on any atom is 0.120 e. The molecule has 0 saturated heterocycles. The molecule has 4 nitrogen and oxygen atoms in total. The molecule has 1 saturated carbocycles. The molecule has 0 atom stereocenters. The molecule has 0 unspecified atom stereocenters. The molecule has 5 rings (SSSR count). The van der Waals surface area contributed by atoms with Crippen molar-refractivity contribution in [3.8, 4) is 45.3 Å². The van der Waals surface area contributed by atoms with Crippen LogP contribution >= 0.6 is 0 Å². The van der Waals surface area contributed by atoms with Gasteiger partial charge in [-0.15, -0.1) is 0 Å². The van der Waals surface area contributed by atoms with Crippen molar-refractivity contribution in [2.45, 2.75) is 37.5 Å². The van der Waals surface area contributed by atoms with Gasteiger partial charge >= 0.3 is 0 Å². The molecular formula is C30H28O4. The molecular weight excluding hydrogens is 424 g/mol. The zero-order valence-electron chi connectivity index (χ0n) is 18.9. The topological polar surface area (TPSA) is 80.9 Å². The van der Waals surface area contributed by atoms with Gasteiger partial charge < -0.3 is 20.4 Å². The van der Waals surface area contributed by atoms with Crippen LogP contribution in [0.25, 0.3) is 22.3 Å². The van der Waals surface area contributed by atoms with E-state index in [1.807, 2.05) is 48.5 Å². The van der Waals surface area contributed by atoms with Crippen LogP contribution in [-0.2, 0) is 5.41 Å². The number of aromatic hydroxyl groups is 4. The fourth-order valence-corrected chi connectivity index (χ4v) is 5.57. The van der Waals surface area contributed by atoms with Gasteiger partial charge in [-0.25, -0.2) is 0 Å². The summed E-state index contributed by atoms with van der Waals surface area (Å²) in [5.74, 6) is 0.780. The zero-order chi connectivity index (χ0) is 23.7. The zero-order valence-corrected chi connectivity index (χ0v) is 18.9. The Morgan fingerprint density at radius 1 is 0.529 bits per heavy atom. The number of rotatable bonds is 4. The molecule has 4 aromatic rings. The molecule has 0 heterocycles. The van der Waals surface area contributed by atoms with Crippen molar-refractivity contribution >= 4 is 0 Å². The summed E-state index contributed by atoms with van der Waals surface area (Å²) < 4.78 is 0. The molecule has 4 aromatic carbocycles. The lowest BCUT2D eigenvalue weighted by Crippen LogP contribution is -2.31. The van der Waals surface area contributed by atoms with E-state index in [1.165, 1.54) is 0 Å². The lowest BCUT2D eigenvalue weighted by molar-refractivity contribution is 0.322. The van der Waals surface area contributed by atoms with E-state index >= 15 is 0 Å². The molecule has 0 aromatic heterocycles. The van der Waals surface area contributed by atoms with Crippen LogP contribution in [-0.4, -0.2) is 20.4 Å². The van der Waals surface area contributed by atoms with E-state index in [-0.39, 0.29) is 23.0 Å². The van der Waals surface area contributed by atoms with Crippen LogP contribution in [0.2, 0.25) is 0 Å². The Morgan fingerprint density at radius 2 is 1.12 bits per heavy atom. The molecule has 0 spiro atoms. The van der Waals surface area contributed by atoms with Gasteiger partial charge in [0.15, 0.2) is 0 Å². The minimum atomic E-state index is -0.562. The summed E-state index contributed by atoms with van der Waals surface area (Å²) in [6.45, 7) is 0. The van der Waals surface area contributed by atoms with Crippen LogP contribution in [0.3, 0.4) is 0 Å². The van der Waals surface area contributed by atoms with Crippen LogP contribution < -0.4 is 0 Å². The van der Waals surface area contributed by atoms with E-state index < -0.39 is 5.41 Å². The van der Waals surface area contributed by atoms with E-state index in [0.717, 1.165) is 65.5 Å². The summed E-state index contributed by atoms with van der Waals surface area (Å²) in [5, 5.41) is 42.2. The predicted octanol–water partition coefficient (Wildman–Crippen LogP) is 7.09. The number of hydrogen-bond acceptors (Lipinski definition) is 4. The van der Waals surface area contributed by atoms with Crippen molar-refractivity contribution in [2.75, 3.05) is 0 Å². The molecule has 0 bridgehead atoms. The maximum atomic E-state index is 11.4. The number of benzene rings is 4. The fourth-order valence-electron chi connectivity index (χ4n) is 5.57. The third-order valence-corrected chi connectivity index (χ3v) is 7.12. The monoisotopic (exact) mass is 452 g/mol. The largest absolute Gasteiger partial charge is 0.508 e. The first-order chi connectivity index (χ1) is 16.5. The first kappa shape index (κ1) is 21.9. The Morgan fingerprint density at radius 3 is 1.74 bits per heavy atom. The second-order valence-electron chi connectivity index (χ2n) is 9.14. The van der Waals surface area contributed by atoms with Gasteiger partial charge in [-0.1, -0.05) is 67.8 Å². The lowest BCUT2D eigenvalue weighted by Gasteiger charge is -2.41. The summed E-state index contributed by atoms with van der Waals surface area (Å²) in [4.78, 5) is 0. The number of para-hydroxylation sites is 1. The normalized spacial score (nSPS) is 15.2. The molecule has 4 heteroatoms. The highest BCUT2D eigenvalue weighted by Crippen LogP contribution is 2.55. The van der Waals surface area contributed by atoms with Crippen molar-refractivity contribution in [1.82, 2.24) is 0 Å². The van der Waals surface area contributed by atoms with Gasteiger partial charge in [0.1, 0.15) is 23.0 Å². The van der Waals surface area contributed by atoms with Gasteiger partial charge in [-0.2, -0.15) is 0 Å². The number of hydrogen-bond donors (Lipinski definition) is 4. The number of phenols is 4. The highest BCUT2D eigenvalue weighted by molar-refractivity contribution is 5.89. The van der Waals surface area contributed by atoms with Crippen molar-refractivity contribution in [2.24, 2.45) is 0 Å². The van der Waals surface area contributed by atoms with Gasteiger partial charge in [0.25, 0.3) is 0 Å². The molecule has 4 N–H and O–H groups in total. The summed E-state index contributed by atoms with van der Waals surface area (Å²) in [6, 6.07) is 25.1. The Balaban J connectivity index is 1.87. The van der Waals surface area contributed by atoms with Gasteiger partial charge in [-0.05, 0) is 71.5 Å². The van der Waals surface area contributed by atoms with E-state index in [0.29, 0.717) is 0 Å². The minimum Gasteiger partial charge on any atom is -0.508 e. The maximum absolute atomic E-state index is 11.4. The Labute approximate surface area is 199 Å². The minimum absolute atomic E-state index is 0.171. The standard InChI is InChI=1S/C30H28O4/c31-22-12-8-20(9-13-22)24-16-17-27(34)29(28(24)21-10-14-23(32)15-11-21)30(18-4-1-5-19-30)25-6-2-3-7-26(25)33/h2-3,6-17,31-34H,1,4-5,18-19H2. The predicted molar refractivity (Wildman–Crippen MR) is 134 cm³/mol. The van der Waals surface area contributed by atoms with E-state index in [4.69, 9.17) is 0 Å². The highest BCUT2D eigenvalue weighted by Gasteiger charge is 2.42. The van der Waals surface area contributed by atoms with E-state index in [9.17, 15) is 20.4 Å². The van der Waals surface area contributed by atoms with Gasteiger partial charge in [0, 0.05) is 16.5 Å². The number of phenolic OH excluding ortho intramolecular Hbond substituents is 4. The second kappa shape index (κ2) is 8.79. The van der Waals surface area contributed by atoms with Crippen LogP contribution in [0, 0.1) is 0 Å². The highest BCUT2D eigenvalue weighted by atomic mass is 16.3. The van der Waals surface area contributed by atoms with Gasteiger partial charge in [0.05, 0.1) is 0 Å². The molecule has 0 amide bonds. The van der Waals surface area contributed by atoms with Crippen molar-refractivity contribution in [1.29, 1.82) is 0 Å². The van der Waals surface area contributed by atoms with E-state index in [2.05, 4.69) is 0 Å². The van der Waals surface area contributed by atoms with Crippen LogP contribution in [0.1, 0.15) is 43.2 Å². The first-order valence-electron chi connectivity index (χ1n) is 11.7. The van der Waals surface area contributed by atoms with Crippen LogP contribution in [0.5, 0.6) is 23.0 Å². The quantitative estimate of drug-likeness (QED) is 0.266. The Kier molecular flexibility index (Phi) is 5.66. The second-order valence-corrected chi connectivity index (χ2v) is 9.14. The molecule has 34 heavy (non-hydrogen) atoms. The van der Waals surface area contributed by atoms with Crippen molar-refractivity contribution < 1.29 is 20.4 Å². The van der Waals surface area contributed by atoms with Gasteiger partial charge in [0.2, 0.25) is 0 Å². The summed E-state index contributed by atoms with van der Waals surface area (Å²) in [7, 11) is 0. The molecule has 172 valence electrons. The fraction of sp³-hybridized carbons (Fsp3) is 0.200. The van der Waals surface area contributed by atoms with Crippen LogP contribution in [0.15, 0.2) is 84.9 Å². The Bertz CT molecular complexity index is 1300. The average Bonchev–Trinajstić information content (AvgIpc) is 2.86. The third-order valence-electron chi connectivity index (χ3n) is 7.12. The average molecular weight is 453 g/mol. The van der Waals surface area contributed by atoms with Crippen molar-refractivity contribution in [3.63, 3.8) is 0 Å². The van der Waals surface area contributed by atoms with Crippen molar-refractivity contribution in [3.05, 3.63) is 96.1 Å². The summed E-state index contributed by atoms with van der Waals surface area (Å²) in [5.41, 5.74) is 4.62. The molecule has 1 aliphatic rings. The lowest BCUT2D eigenvalue weighted by atomic mass is 9.62.